The third kappa shape index (κ3) is 12.3. The summed E-state index contributed by atoms with van der Waals surface area (Å²) in [6, 6.07) is 0. The van der Waals surface area contributed by atoms with Gasteiger partial charge in [-0.15, -0.1) is 0 Å². The first kappa shape index (κ1) is 22.0. The van der Waals surface area contributed by atoms with Gasteiger partial charge in [-0.25, -0.2) is 0 Å². The zero-order valence-electron chi connectivity index (χ0n) is 16.7. The molecule has 2 heteroatoms. The summed E-state index contributed by atoms with van der Waals surface area (Å²) in [6.45, 7) is 4.95. The molecule has 0 aromatic rings. The van der Waals surface area contributed by atoms with Gasteiger partial charge in [0.1, 0.15) is 0 Å². The Balaban J connectivity index is 1.69. The topological polar surface area (TPSA) is 23.1 Å². The van der Waals surface area contributed by atoms with E-state index in [0.29, 0.717) is 0 Å². The first-order chi connectivity index (χ1) is 11.8. The number of quaternary nitrogens is 1. The van der Waals surface area contributed by atoms with Gasteiger partial charge in [-0.05, 0) is 12.8 Å². The number of hydroxylamine groups is 3. The van der Waals surface area contributed by atoms with Crippen LogP contribution in [-0.4, -0.2) is 24.3 Å². The van der Waals surface area contributed by atoms with Gasteiger partial charge in [0.15, 0.2) is 0 Å². The minimum Gasteiger partial charge on any atom is -0.633 e. The molecule has 0 N–H and O–H groups in total. The Hall–Kier alpha value is -0.0800. The molecule has 0 bridgehead atoms. The largest absolute Gasteiger partial charge is 0.633 e. The minimum atomic E-state index is 0.124. The maximum absolute atomic E-state index is 12.2. The normalized spacial score (nSPS) is 16.8. The van der Waals surface area contributed by atoms with Crippen molar-refractivity contribution in [2.75, 3.05) is 19.6 Å². The predicted molar refractivity (Wildman–Crippen MR) is 107 cm³/mol. The summed E-state index contributed by atoms with van der Waals surface area (Å²) < 4.78 is 0.124. The number of likely N-dealkylation sites (tertiary alicyclic amines) is 1. The second-order valence-electron chi connectivity index (χ2n) is 8.24. The molecule has 1 fully saturated rings. The molecule has 0 amide bonds. The van der Waals surface area contributed by atoms with E-state index >= 15 is 0 Å². The van der Waals surface area contributed by atoms with Crippen molar-refractivity contribution >= 4 is 0 Å². The van der Waals surface area contributed by atoms with E-state index in [1.54, 1.807) is 0 Å². The lowest BCUT2D eigenvalue weighted by Crippen LogP contribution is -2.39. The Bertz CT molecular complexity index is 261. The van der Waals surface area contributed by atoms with Crippen LogP contribution in [0.2, 0.25) is 0 Å². The van der Waals surface area contributed by atoms with Gasteiger partial charge in [0.2, 0.25) is 0 Å². The average Bonchev–Trinajstić information content (AvgIpc) is 3.01. The summed E-state index contributed by atoms with van der Waals surface area (Å²) in [5, 5.41) is 12.2. The Kier molecular flexibility index (Phi) is 13.9. The molecule has 0 spiro atoms. The first-order valence-electron chi connectivity index (χ1n) is 11.3. The monoisotopic (exact) mass is 339 g/mol. The van der Waals surface area contributed by atoms with E-state index in [1.165, 1.54) is 96.3 Å². The van der Waals surface area contributed by atoms with Crippen molar-refractivity contribution in [2.24, 2.45) is 0 Å². The molecule has 0 aromatic heterocycles. The molecule has 1 rings (SSSR count). The number of rotatable bonds is 17. The highest BCUT2D eigenvalue weighted by atomic mass is 16.5. The van der Waals surface area contributed by atoms with Crippen molar-refractivity contribution in [3.05, 3.63) is 5.21 Å². The summed E-state index contributed by atoms with van der Waals surface area (Å²) in [5.74, 6) is 0. The second-order valence-corrected chi connectivity index (χ2v) is 8.24. The van der Waals surface area contributed by atoms with Crippen LogP contribution >= 0.6 is 0 Å². The lowest BCUT2D eigenvalue weighted by Gasteiger charge is -2.38. The van der Waals surface area contributed by atoms with Gasteiger partial charge < -0.3 is 9.85 Å². The van der Waals surface area contributed by atoms with Crippen molar-refractivity contribution < 1.29 is 4.65 Å². The smallest absolute Gasteiger partial charge is 0.0786 e. The number of unbranched alkanes of at least 4 members (excludes halogenated alkanes) is 15. The Labute approximate surface area is 152 Å². The van der Waals surface area contributed by atoms with Gasteiger partial charge in [-0.3, -0.25) is 0 Å². The van der Waals surface area contributed by atoms with Crippen molar-refractivity contribution in [3.63, 3.8) is 0 Å². The Morgan fingerprint density at radius 2 is 0.875 bits per heavy atom. The van der Waals surface area contributed by atoms with E-state index in [9.17, 15) is 5.21 Å². The molecule has 1 aliphatic heterocycles. The van der Waals surface area contributed by atoms with E-state index in [1.807, 2.05) is 0 Å². The zero-order chi connectivity index (χ0) is 17.3. The van der Waals surface area contributed by atoms with Crippen LogP contribution in [0.5, 0.6) is 0 Å². The summed E-state index contributed by atoms with van der Waals surface area (Å²) in [5.41, 5.74) is 0. The highest BCUT2D eigenvalue weighted by Crippen LogP contribution is 2.19. The average molecular weight is 340 g/mol. The van der Waals surface area contributed by atoms with Gasteiger partial charge >= 0.3 is 0 Å². The van der Waals surface area contributed by atoms with Crippen LogP contribution in [0.4, 0.5) is 0 Å². The van der Waals surface area contributed by atoms with Crippen molar-refractivity contribution in [3.8, 4) is 0 Å². The highest BCUT2D eigenvalue weighted by Gasteiger charge is 2.21. The van der Waals surface area contributed by atoms with Gasteiger partial charge in [-0.2, -0.15) is 0 Å². The third-order valence-corrected chi connectivity index (χ3v) is 5.80. The van der Waals surface area contributed by atoms with E-state index in [4.69, 9.17) is 0 Å². The van der Waals surface area contributed by atoms with Gasteiger partial charge in [0.05, 0.1) is 19.6 Å². The fourth-order valence-corrected chi connectivity index (χ4v) is 4.08. The molecular weight excluding hydrogens is 294 g/mol. The molecule has 24 heavy (non-hydrogen) atoms. The van der Waals surface area contributed by atoms with Crippen LogP contribution in [-0.2, 0) is 0 Å². The third-order valence-electron chi connectivity index (χ3n) is 5.80. The lowest BCUT2D eigenvalue weighted by molar-refractivity contribution is -0.868. The SMILES string of the molecule is CCCCCCCCCCCCCCCCCC[N+]1([O-])CCCC1. The minimum absolute atomic E-state index is 0.124. The zero-order valence-corrected chi connectivity index (χ0v) is 16.7. The quantitative estimate of drug-likeness (QED) is 0.154. The number of hydrogen-bond donors (Lipinski definition) is 0. The van der Waals surface area contributed by atoms with E-state index in [-0.39, 0.29) is 4.65 Å². The molecule has 1 aliphatic rings. The van der Waals surface area contributed by atoms with Crippen LogP contribution in [0.1, 0.15) is 122 Å². The van der Waals surface area contributed by atoms with E-state index < -0.39 is 0 Å². The molecule has 0 atom stereocenters. The van der Waals surface area contributed by atoms with Crippen molar-refractivity contribution in [1.29, 1.82) is 0 Å². The van der Waals surface area contributed by atoms with E-state index in [0.717, 1.165) is 38.9 Å². The number of nitrogens with zero attached hydrogens (tertiary/aromatic N) is 1. The molecule has 144 valence electrons. The van der Waals surface area contributed by atoms with Gasteiger partial charge in [0.25, 0.3) is 0 Å². The molecule has 0 aromatic carbocycles. The maximum Gasteiger partial charge on any atom is 0.0786 e. The molecule has 1 saturated heterocycles. The first-order valence-corrected chi connectivity index (χ1v) is 11.3. The summed E-state index contributed by atoms with van der Waals surface area (Å²) in [6.07, 6.45) is 24.7. The van der Waals surface area contributed by atoms with Crippen LogP contribution in [0.15, 0.2) is 0 Å². The van der Waals surface area contributed by atoms with Crippen LogP contribution in [0.25, 0.3) is 0 Å². The Morgan fingerprint density at radius 3 is 1.25 bits per heavy atom. The Morgan fingerprint density at radius 1 is 0.542 bits per heavy atom. The van der Waals surface area contributed by atoms with Gasteiger partial charge in [-0.1, -0.05) is 96.8 Å². The molecule has 2 nitrogen and oxygen atoms in total. The fraction of sp³-hybridized carbons (Fsp3) is 1.00. The standard InChI is InChI=1S/C22H45NO/c1-2-3-4-5-6-7-8-9-10-11-12-13-14-15-16-17-20-23(24)21-18-19-22-23/h2-22H2,1H3. The predicted octanol–water partition coefficient (Wildman–Crippen LogP) is 7.36. The maximum atomic E-state index is 12.2. The second kappa shape index (κ2) is 15.2. The summed E-state index contributed by atoms with van der Waals surface area (Å²) in [7, 11) is 0. The molecular formula is C22H45NO. The fourth-order valence-electron chi connectivity index (χ4n) is 4.08. The molecule has 0 aliphatic carbocycles. The molecule has 0 radical (unpaired) electrons. The van der Waals surface area contributed by atoms with Crippen LogP contribution in [0.3, 0.4) is 0 Å². The van der Waals surface area contributed by atoms with E-state index in [2.05, 4.69) is 6.92 Å². The van der Waals surface area contributed by atoms with Crippen LogP contribution in [0, 0.1) is 5.21 Å². The lowest BCUT2D eigenvalue weighted by atomic mass is 10.0. The molecule has 1 heterocycles. The summed E-state index contributed by atoms with van der Waals surface area (Å²) in [4.78, 5) is 0. The highest BCUT2D eigenvalue weighted by molar-refractivity contribution is 4.56. The number of hydrogen-bond acceptors (Lipinski definition) is 1. The molecule has 0 saturated carbocycles. The summed E-state index contributed by atoms with van der Waals surface area (Å²) >= 11 is 0. The van der Waals surface area contributed by atoms with Crippen LogP contribution < -0.4 is 0 Å². The van der Waals surface area contributed by atoms with Gasteiger partial charge in [0, 0.05) is 12.8 Å². The molecule has 0 unspecified atom stereocenters. The van der Waals surface area contributed by atoms with Crippen molar-refractivity contribution in [1.82, 2.24) is 0 Å². The van der Waals surface area contributed by atoms with Crippen molar-refractivity contribution in [2.45, 2.75) is 122 Å².